The smallest absolute Gasteiger partial charge is 0.0636 e. The van der Waals surface area contributed by atoms with Crippen molar-refractivity contribution in [3.8, 4) is 0 Å². The highest BCUT2D eigenvalue weighted by molar-refractivity contribution is 7.99. The molecule has 19 heavy (non-hydrogen) atoms. The Kier molecular flexibility index (Phi) is 4.38. The summed E-state index contributed by atoms with van der Waals surface area (Å²) in [5, 5.41) is 4.48. The minimum Gasteiger partial charge on any atom is -0.377 e. The second-order valence-corrected chi connectivity index (χ2v) is 7.57. The molecule has 1 aliphatic rings. The first-order valence-electron chi connectivity index (χ1n) is 6.72. The molecule has 4 heteroatoms. The zero-order valence-electron chi connectivity index (χ0n) is 11.9. The van der Waals surface area contributed by atoms with Crippen LogP contribution >= 0.6 is 23.4 Å². The number of nitrogens with one attached hydrogen (secondary N) is 1. The van der Waals surface area contributed by atoms with Crippen molar-refractivity contribution < 1.29 is 0 Å². The molecule has 1 unspecified atom stereocenters. The summed E-state index contributed by atoms with van der Waals surface area (Å²) in [5.41, 5.74) is 8.41. The van der Waals surface area contributed by atoms with Crippen LogP contribution < -0.4 is 11.1 Å². The quantitative estimate of drug-likeness (QED) is 0.888. The minimum atomic E-state index is -0.0610. The summed E-state index contributed by atoms with van der Waals surface area (Å²) < 4.78 is 0. The summed E-state index contributed by atoms with van der Waals surface area (Å²) in [7, 11) is 0. The van der Waals surface area contributed by atoms with Gasteiger partial charge in [0.05, 0.1) is 5.54 Å². The molecule has 0 bridgehead atoms. The van der Waals surface area contributed by atoms with Gasteiger partial charge < -0.3 is 11.1 Å². The molecule has 1 fully saturated rings. The number of thioether (sulfide) groups is 1. The molecule has 1 aromatic rings. The Balaban J connectivity index is 2.29. The first-order valence-corrected chi connectivity index (χ1v) is 8.26. The molecule has 1 aliphatic heterocycles. The third-order valence-corrected chi connectivity index (χ3v) is 6.02. The van der Waals surface area contributed by atoms with Gasteiger partial charge in [-0.3, -0.25) is 0 Å². The first-order chi connectivity index (χ1) is 8.90. The second-order valence-electron chi connectivity index (χ2n) is 6.06. The Morgan fingerprint density at radius 3 is 2.74 bits per heavy atom. The molecule has 0 saturated carbocycles. The molecule has 0 aliphatic carbocycles. The number of nitrogens with two attached hydrogens (primary N) is 1. The molecule has 2 rings (SSSR count). The third-order valence-electron chi connectivity index (χ3n) is 4.42. The summed E-state index contributed by atoms with van der Waals surface area (Å²) in [6.07, 6.45) is 1.18. The van der Waals surface area contributed by atoms with E-state index in [1.807, 2.05) is 24.8 Å². The fourth-order valence-electron chi connectivity index (χ4n) is 2.55. The summed E-state index contributed by atoms with van der Waals surface area (Å²) in [6.45, 7) is 7.27. The van der Waals surface area contributed by atoms with E-state index in [9.17, 15) is 0 Å². The number of benzene rings is 1. The third kappa shape index (κ3) is 2.88. The fourth-order valence-corrected chi connectivity index (χ4v) is 4.46. The van der Waals surface area contributed by atoms with Crippen molar-refractivity contribution in [2.24, 2.45) is 11.1 Å². The Morgan fingerprint density at radius 1 is 1.42 bits per heavy atom. The van der Waals surface area contributed by atoms with Crippen LogP contribution in [0.5, 0.6) is 0 Å². The largest absolute Gasteiger partial charge is 0.377 e. The van der Waals surface area contributed by atoms with Gasteiger partial charge in [-0.25, -0.2) is 0 Å². The predicted molar refractivity (Wildman–Crippen MR) is 87.3 cm³/mol. The average molecular weight is 299 g/mol. The standard InChI is InChI=1S/C15H23ClN2S/c1-11-4-5-12(8-13(11)16)18-15(9-17)10-19-7-6-14(15,2)3/h4-5,8,18H,6-7,9-10,17H2,1-3H3. The van der Waals surface area contributed by atoms with E-state index in [0.29, 0.717) is 6.54 Å². The number of halogens is 1. The summed E-state index contributed by atoms with van der Waals surface area (Å²) in [4.78, 5) is 0. The second kappa shape index (κ2) is 5.55. The molecular formula is C15H23ClN2S. The van der Waals surface area contributed by atoms with E-state index in [1.165, 1.54) is 12.2 Å². The maximum Gasteiger partial charge on any atom is 0.0636 e. The molecule has 0 radical (unpaired) electrons. The van der Waals surface area contributed by atoms with Crippen molar-refractivity contribution >= 4 is 29.1 Å². The van der Waals surface area contributed by atoms with E-state index >= 15 is 0 Å². The van der Waals surface area contributed by atoms with Gasteiger partial charge in [0.2, 0.25) is 0 Å². The molecule has 1 aromatic carbocycles. The Hall–Kier alpha value is -0.380. The van der Waals surface area contributed by atoms with E-state index in [4.69, 9.17) is 17.3 Å². The Labute approximate surface area is 125 Å². The van der Waals surface area contributed by atoms with Gasteiger partial charge in [0, 0.05) is 23.0 Å². The van der Waals surface area contributed by atoms with Crippen LogP contribution in [-0.2, 0) is 0 Å². The van der Waals surface area contributed by atoms with Crippen LogP contribution in [0.3, 0.4) is 0 Å². The topological polar surface area (TPSA) is 38.0 Å². The number of hydrogen-bond acceptors (Lipinski definition) is 3. The number of rotatable bonds is 3. The Morgan fingerprint density at radius 2 is 2.16 bits per heavy atom. The van der Waals surface area contributed by atoms with Gasteiger partial charge in [-0.2, -0.15) is 11.8 Å². The predicted octanol–water partition coefficient (Wildman–Crippen LogP) is 3.92. The van der Waals surface area contributed by atoms with Gasteiger partial charge in [-0.1, -0.05) is 31.5 Å². The van der Waals surface area contributed by atoms with Crippen LogP contribution in [-0.4, -0.2) is 23.6 Å². The van der Waals surface area contributed by atoms with Gasteiger partial charge in [0.15, 0.2) is 0 Å². The minimum absolute atomic E-state index is 0.0610. The zero-order chi connectivity index (χ0) is 14.1. The van der Waals surface area contributed by atoms with Gasteiger partial charge in [-0.05, 0) is 42.2 Å². The van der Waals surface area contributed by atoms with Crippen molar-refractivity contribution in [3.63, 3.8) is 0 Å². The number of anilines is 1. The van der Waals surface area contributed by atoms with E-state index in [1.54, 1.807) is 0 Å². The molecule has 1 atom stereocenters. The van der Waals surface area contributed by atoms with Crippen molar-refractivity contribution in [2.75, 3.05) is 23.4 Å². The maximum atomic E-state index is 6.21. The summed E-state index contributed by atoms with van der Waals surface area (Å²) in [5.74, 6) is 2.26. The SMILES string of the molecule is Cc1ccc(NC2(CN)CSCCC2(C)C)cc1Cl. The molecule has 1 saturated heterocycles. The molecule has 1 heterocycles. The van der Waals surface area contributed by atoms with Gasteiger partial charge in [0.1, 0.15) is 0 Å². The molecule has 2 nitrogen and oxygen atoms in total. The lowest BCUT2D eigenvalue weighted by atomic mass is 9.70. The van der Waals surface area contributed by atoms with E-state index in [2.05, 4.69) is 31.3 Å². The van der Waals surface area contributed by atoms with Crippen LogP contribution in [0.1, 0.15) is 25.8 Å². The van der Waals surface area contributed by atoms with Crippen LogP contribution in [0.15, 0.2) is 18.2 Å². The van der Waals surface area contributed by atoms with Crippen molar-refractivity contribution in [1.29, 1.82) is 0 Å². The van der Waals surface area contributed by atoms with E-state index < -0.39 is 0 Å². The number of aryl methyl sites for hydroxylation is 1. The molecular weight excluding hydrogens is 276 g/mol. The lowest BCUT2D eigenvalue weighted by Gasteiger charge is -2.50. The molecule has 0 aromatic heterocycles. The van der Waals surface area contributed by atoms with Crippen LogP contribution in [0.2, 0.25) is 5.02 Å². The highest BCUT2D eigenvalue weighted by Crippen LogP contribution is 2.44. The summed E-state index contributed by atoms with van der Waals surface area (Å²) in [6, 6.07) is 6.15. The summed E-state index contributed by atoms with van der Waals surface area (Å²) >= 11 is 8.19. The zero-order valence-corrected chi connectivity index (χ0v) is 13.5. The van der Waals surface area contributed by atoms with Crippen LogP contribution in [0.4, 0.5) is 5.69 Å². The highest BCUT2D eigenvalue weighted by atomic mass is 35.5. The van der Waals surface area contributed by atoms with E-state index in [-0.39, 0.29) is 11.0 Å². The lowest BCUT2D eigenvalue weighted by Crippen LogP contribution is -2.60. The van der Waals surface area contributed by atoms with Gasteiger partial charge in [0.25, 0.3) is 0 Å². The first kappa shape index (κ1) is 15.0. The number of hydrogen-bond donors (Lipinski definition) is 2. The molecule has 3 N–H and O–H groups in total. The lowest BCUT2D eigenvalue weighted by molar-refractivity contribution is 0.203. The van der Waals surface area contributed by atoms with E-state index in [0.717, 1.165) is 22.0 Å². The maximum absolute atomic E-state index is 6.21. The normalized spacial score (nSPS) is 26.2. The van der Waals surface area contributed by atoms with Crippen LogP contribution in [0, 0.1) is 12.3 Å². The fraction of sp³-hybridized carbons (Fsp3) is 0.600. The molecule has 0 spiro atoms. The van der Waals surface area contributed by atoms with Gasteiger partial charge >= 0.3 is 0 Å². The van der Waals surface area contributed by atoms with Gasteiger partial charge in [-0.15, -0.1) is 0 Å². The van der Waals surface area contributed by atoms with Crippen molar-refractivity contribution in [2.45, 2.75) is 32.7 Å². The van der Waals surface area contributed by atoms with Crippen LogP contribution in [0.25, 0.3) is 0 Å². The monoisotopic (exact) mass is 298 g/mol. The molecule has 106 valence electrons. The Bertz CT molecular complexity index is 461. The van der Waals surface area contributed by atoms with Crippen molar-refractivity contribution in [1.82, 2.24) is 0 Å². The molecule has 0 amide bonds. The highest BCUT2D eigenvalue weighted by Gasteiger charge is 2.46. The van der Waals surface area contributed by atoms with Crippen molar-refractivity contribution in [3.05, 3.63) is 28.8 Å². The average Bonchev–Trinajstić information content (AvgIpc) is 2.36.